The van der Waals surface area contributed by atoms with Gasteiger partial charge in [-0.2, -0.15) is 4.98 Å². The number of rotatable bonds is 8. The number of carbonyl (C=O) groups is 1. The monoisotopic (exact) mass is 379 g/mol. The summed E-state index contributed by atoms with van der Waals surface area (Å²) in [7, 11) is 0. The SMILES string of the molecule is CCN(c1ccc(NC(=O)CCc2nc(-c3ccncc3)no2)cc1)C(C)C. The number of pyridine rings is 1. The Morgan fingerprint density at radius 3 is 2.50 bits per heavy atom. The van der Waals surface area contributed by atoms with E-state index >= 15 is 0 Å². The number of aryl methyl sites for hydroxylation is 1. The van der Waals surface area contributed by atoms with Gasteiger partial charge in [0.25, 0.3) is 0 Å². The molecule has 0 aliphatic carbocycles. The van der Waals surface area contributed by atoms with Crippen LogP contribution in [0.1, 0.15) is 33.1 Å². The third-order valence-corrected chi connectivity index (χ3v) is 4.42. The average molecular weight is 379 g/mol. The summed E-state index contributed by atoms with van der Waals surface area (Å²) in [6, 6.07) is 11.9. The summed E-state index contributed by atoms with van der Waals surface area (Å²) in [4.78, 5) is 22.8. The summed E-state index contributed by atoms with van der Waals surface area (Å²) < 4.78 is 5.23. The van der Waals surface area contributed by atoms with Gasteiger partial charge in [-0.1, -0.05) is 5.16 Å². The molecule has 7 nitrogen and oxygen atoms in total. The second-order valence-corrected chi connectivity index (χ2v) is 6.72. The number of nitrogens with zero attached hydrogens (tertiary/aromatic N) is 4. The van der Waals surface area contributed by atoms with Crippen molar-refractivity contribution >= 4 is 17.3 Å². The molecule has 7 heteroatoms. The summed E-state index contributed by atoms with van der Waals surface area (Å²) in [6.07, 6.45) is 4.00. The van der Waals surface area contributed by atoms with E-state index in [1.165, 1.54) is 0 Å². The van der Waals surface area contributed by atoms with Crippen molar-refractivity contribution in [2.75, 3.05) is 16.8 Å². The van der Waals surface area contributed by atoms with E-state index in [4.69, 9.17) is 4.52 Å². The van der Waals surface area contributed by atoms with Crippen LogP contribution in [0.4, 0.5) is 11.4 Å². The van der Waals surface area contributed by atoms with Gasteiger partial charge in [0.05, 0.1) is 0 Å². The van der Waals surface area contributed by atoms with Crippen molar-refractivity contribution in [1.82, 2.24) is 15.1 Å². The lowest BCUT2D eigenvalue weighted by molar-refractivity contribution is -0.116. The molecule has 146 valence electrons. The summed E-state index contributed by atoms with van der Waals surface area (Å²) in [6.45, 7) is 7.40. The van der Waals surface area contributed by atoms with E-state index in [-0.39, 0.29) is 12.3 Å². The highest BCUT2D eigenvalue weighted by molar-refractivity contribution is 5.90. The Morgan fingerprint density at radius 1 is 1.14 bits per heavy atom. The number of aromatic nitrogens is 3. The zero-order valence-corrected chi connectivity index (χ0v) is 16.4. The molecular weight excluding hydrogens is 354 g/mol. The van der Waals surface area contributed by atoms with E-state index in [2.05, 4.69) is 46.1 Å². The van der Waals surface area contributed by atoms with Crippen LogP contribution in [-0.2, 0) is 11.2 Å². The van der Waals surface area contributed by atoms with Crippen molar-refractivity contribution in [1.29, 1.82) is 0 Å². The van der Waals surface area contributed by atoms with Crippen molar-refractivity contribution in [3.05, 3.63) is 54.7 Å². The highest BCUT2D eigenvalue weighted by Crippen LogP contribution is 2.20. The third-order valence-electron chi connectivity index (χ3n) is 4.42. The third kappa shape index (κ3) is 4.94. The van der Waals surface area contributed by atoms with Crippen LogP contribution in [0.5, 0.6) is 0 Å². The van der Waals surface area contributed by atoms with Crippen molar-refractivity contribution in [3.63, 3.8) is 0 Å². The van der Waals surface area contributed by atoms with Gasteiger partial charge in [0.1, 0.15) is 0 Å². The van der Waals surface area contributed by atoms with Gasteiger partial charge in [-0.25, -0.2) is 0 Å². The van der Waals surface area contributed by atoms with Crippen LogP contribution in [0.15, 0.2) is 53.3 Å². The predicted molar refractivity (Wildman–Crippen MR) is 109 cm³/mol. The maximum absolute atomic E-state index is 12.2. The molecule has 0 saturated heterocycles. The topological polar surface area (TPSA) is 84.2 Å². The lowest BCUT2D eigenvalue weighted by Crippen LogP contribution is -2.30. The molecule has 2 heterocycles. The highest BCUT2D eigenvalue weighted by Gasteiger charge is 2.12. The van der Waals surface area contributed by atoms with Crippen LogP contribution in [0, 0.1) is 0 Å². The fourth-order valence-corrected chi connectivity index (χ4v) is 3.00. The summed E-state index contributed by atoms with van der Waals surface area (Å²) in [5.41, 5.74) is 2.75. The van der Waals surface area contributed by atoms with Crippen LogP contribution in [0.2, 0.25) is 0 Å². The van der Waals surface area contributed by atoms with Crippen molar-refractivity contribution in [2.45, 2.75) is 39.7 Å². The number of benzene rings is 1. The normalized spacial score (nSPS) is 10.9. The minimum atomic E-state index is -0.0902. The Kier molecular flexibility index (Phi) is 6.37. The van der Waals surface area contributed by atoms with Gasteiger partial charge in [0.15, 0.2) is 0 Å². The molecular formula is C21H25N5O2. The van der Waals surface area contributed by atoms with E-state index in [0.717, 1.165) is 23.5 Å². The molecule has 3 rings (SSSR count). The second kappa shape index (κ2) is 9.12. The van der Waals surface area contributed by atoms with Crippen LogP contribution in [0.25, 0.3) is 11.4 Å². The van der Waals surface area contributed by atoms with Crippen molar-refractivity contribution in [2.24, 2.45) is 0 Å². The van der Waals surface area contributed by atoms with E-state index in [1.807, 2.05) is 36.4 Å². The minimum absolute atomic E-state index is 0.0902. The van der Waals surface area contributed by atoms with Crippen molar-refractivity contribution in [3.8, 4) is 11.4 Å². The molecule has 0 aliphatic rings. The maximum atomic E-state index is 12.2. The second-order valence-electron chi connectivity index (χ2n) is 6.72. The lowest BCUT2D eigenvalue weighted by atomic mass is 10.2. The first-order valence-electron chi connectivity index (χ1n) is 9.46. The van der Waals surface area contributed by atoms with Gasteiger partial charge in [0.2, 0.25) is 17.6 Å². The standard InChI is InChI=1S/C21H25N5O2/c1-4-26(15(2)3)18-7-5-17(6-8-18)23-19(27)9-10-20-24-21(25-28-20)16-11-13-22-14-12-16/h5-8,11-15H,4,9-10H2,1-3H3,(H,23,27). The molecule has 0 bridgehead atoms. The number of anilines is 2. The number of nitrogens with one attached hydrogen (secondary N) is 1. The first kappa shape index (κ1) is 19.5. The first-order valence-corrected chi connectivity index (χ1v) is 9.46. The predicted octanol–water partition coefficient (Wildman–Crippen LogP) is 3.94. The van der Waals surface area contributed by atoms with E-state index in [0.29, 0.717) is 24.2 Å². The van der Waals surface area contributed by atoms with Crippen LogP contribution in [-0.4, -0.2) is 33.6 Å². The molecule has 0 unspecified atom stereocenters. The molecule has 0 fully saturated rings. The van der Waals surface area contributed by atoms with Gasteiger partial charge in [0, 0.05) is 54.8 Å². The Morgan fingerprint density at radius 2 is 1.86 bits per heavy atom. The van der Waals surface area contributed by atoms with Crippen molar-refractivity contribution < 1.29 is 9.32 Å². The van der Waals surface area contributed by atoms with Gasteiger partial charge in [-0.15, -0.1) is 0 Å². The summed E-state index contributed by atoms with van der Waals surface area (Å²) >= 11 is 0. The largest absolute Gasteiger partial charge is 0.369 e. The molecule has 0 atom stereocenters. The zero-order chi connectivity index (χ0) is 19.9. The first-order chi connectivity index (χ1) is 13.6. The molecule has 0 spiro atoms. The fourth-order valence-electron chi connectivity index (χ4n) is 3.00. The Labute approximate surface area is 164 Å². The van der Waals surface area contributed by atoms with Crippen LogP contribution < -0.4 is 10.2 Å². The van der Waals surface area contributed by atoms with E-state index < -0.39 is 0 Å². The molecule has 0 radical (unpaired) electrons. The summed E-state index contributed by atoms with van der Waals surface area (Å²) in [5.74, 6) is 0.847. The maximum Gasteiger partial charge on any atom is 0.227 e. The van der Waals surface area contributed by atoms with Gasteiger partial charge in [-0.05, 0) is 57.2 Å². The van der Waals surface area contributed by atoms with Crippen LogP contribution >= 0.6 is 0 Å². The lowest BCUT2D eigenvalue weighted by Gasteiger charge is -2.27. The Bertz CT molecular complexity index is 891. The Balaban J connectivity index is 1.53. The van der Waals surface area contributed by atoms with Gasteiger partial charge >= 0.3 is 0 Å². The molecule has 1 N–H and O–H groups in total. The highest BCUT2D eigenvalue weighted by atomic mass is 16.5. The Hall–Kier alpha value is -3.22. The molecule has 1 aromatic carbocycles. The fraction of sp³-hybridized carbons (Fsp3) is 0.333. The molecule has 0 aliphatic heterocycles. The molecule has 3 aromatic rings. The van der Waals surface area contributed by atoms with Gasteiger partial charge in [-0.3, -0.25) is 9.78 Å². The van der Waals surface area contributed by atoms with E-state index in [1.54, 1.807) is 12.4 Å². The summed E-state index contributed by atoms with van der Waals surface area (Å²) in [5, 5.41) is 6.85. The molecule has 0 saturated carbocycles. The zero-order valence-electron chi connectivity index (χ0n) is 16.4. The van der Waals surface area contributed by atoms with Gasteiger partial charge < -0.3 is 14.7 Å². The molecule has 28 heavy (non-hydrogen) atoms. The van der Waals surface area contributed by atoms with Crippen LogP contribution in [0.3, 0.4) is 0 Å². The number of hydrogen-bond acceptors (Lipinski definition) is 6. The quantitative estimate of drug-likeness (QED) is 0.638. The molecule has 2 aromatic heterocycles. The number of amides is 1. The smallest absolute Gasteiger partial charge is 0.227 e. The number of hydrogen-bond donors (Lipinski definition) is 1. The van der Waals surface area contributed by atoms with E-state index in [9.17, 15) is 4.79 Å². The average Bonchev–Trinajstić information content (AvgIpc) is 3.18. The molecule has 1 amide bonds. The minimum Gasteiger partial charge on any atom is -0.369 e. The number of carbonyl (C=O) groups excluding carboxylic acids is 1.